The molecule has 0 aliphatic carbocycles. The largest absolute Gasteiger partial charge is 0.273 e. The van der Waals surface area contributed by atoms with Gasteiger partial charge in [0.2, 0.25) is 5.91 Å². The Morgan fingerprint density at radius 3 is 1.72 bits per heavy atom. The van der Waals surface area contributed by atoms with E-state index >= 15 is 0 Å². The molecule has 0 aliphatic rings. The Bertz CT molecular complexity index is 542. The highest BCUT2D eigenvalue weighted by Crippen LogP contribution is 2.13. The van der Waals surface area contributed by atoms with Gasteiger partial charge in [0, 0.05) is 11.4 Å². The van der Waals surface area contributed by atoms with Crippen molar-refractivity contribution in [1.29, 1.82) is 0 Å². The average Bonchev–Trinajstić information content (AvgIpc) is 2.72. The first-order chi connectivity index (χ1) is 14.2. The van der Waals surface area contributed by atoms with Gasteiger partial charge < -0.3 is 0 Å². The standard InChI is InChI=1S/C25H41ClN2O/c1-2-3-4-5-6-7-8-9-10-11-12-13-14-15-16-17-25(29)28-27-22-23-18-20-24(26)21-19-23/h18-22H,2-17H2,1H3,(H,28,29). The van der Waals surface area contributed by atoms with Gasteiger partial charge in [-0.15, -0.1) is 0 Å². The lowest BCUT2D eigenvalue weighted by atomic mass is 10.0. The maximum atomic E-state index is 11.8. The van der Waals surface area contributed by atoms with E-state index in [1.807, 2.05) is 12.1 Å². The number of nitrogens with zero attached hydrogens (tertiary/aromatic N) is 1. The zero-order chi connectivity index (χ0) is 21.0. The van der Waals surface area contributed by atoms with E-state index < -0.39 is 0 Å². The fourth-order valence-electron chi connectivity index (χ4n) is 3.44. The lowest BCUT2D eigenvalue weighted by molar-refractivity contribution is -0.121. The zero-order valence-corrected chi connectivity index (χ0v) is 19.2. The molecule has 0 aliphatic heterocycles. The molecule has 0 unspecified atom stereocenters. The van der Waals surface area contributed by atoms with Crippen molar-refractivity contribution < 1.29 is 4.79 Å². The number of hydrazone groups is 1. The second kappa shape index (κ2) is 18.7. The second-order valence-corrected chi connectivity index (χ2v) is 8.48. The van der Waals surface area contributed by atoms with Crippen LogP contribution in [0.3, 0.4) is 0 Å². The van der Waals surface area contributed by atoms with E-state index in [0.717, 1.165) is 18.4 Å². The van der Waals surface area contributed by atoms with Crippen molar-refractivity contribution in [3.05, 3.63) is 34.9 Å². The lowest BCUT2D eigenvalue weighted by Gasteiger charge is -2.03. The summed E-state index contributed by atoms with van der Waals surface area (Å²) < 4.78 is 0. The smallest absolute Gasteiger partial charge is 0.240 e. The summed E-state index contributed by atoms with van der Waals surface area (Å²) in [6, 6.07) is 7.35. The third-order valence-corrected chi connectivity index (χ3v) is 5.53. The van der Waals surface area contributed by atoms with Crippen LogP contribution in [0.5, 0.6) is 0 Å². The van der Waals surface area contributed by atoms with E-state index in [9.17, 15) is 4.79 Å². The Balaban J connectivity index is 1.83. The molecular weight excluding hydrogens is 380 g/mol. The predicted octanol–water partition coefficient (Wildman–Crippen LogP) is 8.05. The summed E-state index contributed by atoms with van der Waals surface area (Å²) in [5, 5.41) is 4.69. The second-order valence-electron chi connectivity index (χ2n) is 8.04. The highest BCUT2D eigenvalue weighted by molar-refractivity contribution is 6.30. The zero-order valence-electron chi connectivity index (χ0n) is 18.4. The molecule has 0 radical (unpaired) electrons. The topological polar surface area (TPSA) is 41.5 Å². The van der Waals surface area contributed by atoms with Gasteiger partial charge in [-0.05, 0) is 24.1 Å². The number of benzene rings is 1. The van der Waals surface area contributed by atoms with Crippen LogP contribution in [0.2, 0.25) is 5.02 Å². The monoisotopic (exact) mass is 420 g/mol. The number of rotatable bonds is 18. The van der Waals surface area contributed by atoms with Crippen LogP contribution < -0.4 is 5.43 Å². The first-order valence-corrected chi connectivity index (χ1v) is 12.2. The molecule has 164 valence electrons. The Labute approximate surface area is 183 Å². The first kappa shape index (κ1) is 25.7. The van der Waals surface area contributed by atoms with Gasteiger partial charge in [0.05, 0.1) is 6.21 Å². The van der Waals surface area contributed by atoms with Crippen molar-refractivity contribution in [1.82, 2.24) is 5.43 Å². The molecule has 0 spiro atoms. The number of nitrogens with one attached hydrogen (secondary N) is 1. The van der Waals surface area contributed by atoms with Crippen molar-refractivity contribution in [3.8, 4) is 0 Å². The number of halogens is 1. The summed E-state index contributed by atoms with van der Waals surface area (Å²) >= 11 is 5.84. The molecule has 1 amide bonds. The summed E-state index contributed by atoms with van der Waals surface area (Å²) in [5.74, 6) is -0.00934. The molecule has 0 heterocycles. The molecule has 0 bridgehead atoms. The highest BCUT2D eigenvalue weighted by atomic mass is 35.5. The van der Waals surface area contributed by atoms with Crippen LogP contribution in [0.15, 0.2) is 29.4 Å². The molecular formula is C25H41ClN2O. The van der Waals surface area contributed by atoms with Gasteiger partial charge in [0.15, 0.2) is 0 Å². The fraction of sp³-hybridized carbons (Fsp3) is 0.680. The minimum atomic E-state index is -0.00934. The molecule has 1 aromatic rings. The maximum absolute atomic E-state index is 11.8. The van der Waals surface area contributed by atoms with E-state index in [2.05, 4.69) is 17.5 Å². The number of carbonyl (C=O) groups is 1. The van der Waals surface area contributed by atoms with Crippen molar-refractivity contribution in [2.24, 2.45) is 5.10 Å². The molecule has 0 aromatic heterocycles. The van der Waals surface area contributed by atoms with Gasteiger partial charge in [-0.1, -0.05) is 121 Å². The van der Waals surface area contributed by atoms with Gasteiger partial charge in [-0.25, -0.2) is 5.43 Å². The van der Waals surface area contributed by atoms with Gasteiger partial charge in [0.25, 0.3) is 0 Å². The minimum Gasteiger partial charge on any atom is -0.273 e. The Kier molecular flexibility index (Phi) is 16.5. The summed E-state index contributed by atoms with van der Waals surface area (Å²) in [6.45, 7) is 2.28. The first-order valence-electron chi connectivity index (χ1n) is 11.8. The Morgan fingerprint density at radius 2 is 1.24 bits per heavy atom. The molecule has 0 atom stereocenters. The normalized spacial score (nSPS) is 11.2. The van der Waals surface area contributed by atoms with E-state index in [1.165, 1.54) is 83.5 Å². The number of carbonyl (C=O) groups excluding carboxylic acids is 1. The van der Waals surface area contributed by atoms with Gasteiger partial charge in [-0.2, -0.15) is 5.10 Å². The van der Waals surface area contributed by atoms with Crippen LogP contribution in [0, 0.1) is 0 Å². The van der Waals surface area contributed by atoms with Crippen LogP contribution >= 0.6 is 11.6 Å². The third kappa shape index (κ3) is 16.2. The van der Waals surface area contributed by atoms with Crippen molar-refractivity contribution in [2.45, 2.75) is 110 Å². The summed E-state index contributed by atoms with van der Waals surface area (Å²) in [4.78, 5) is 11.8. The molecule has 4 heteroatoms. The Morgan fingerprint density at radius 1 is 0.793 bits per heavy atom. The van der Waals surface area contributed by atoms with E-state index in [-0.39, 0.29) is 5.91 Å². The minimum absolute atomic E-state index is 0.00934. The van der Waals surface area contributed by atoms with Gasteiger partial charge in [-0.3, -0.25) is 4.79 Å². The van der Waals surface area contributed by atoms with Crippen molar-refractivity contribution >= 4 is 23.7 Å². The summed E-state index contributed by atoms with van der Waals surface area (Å²) in [6.07, 6.45) is 22.2. The van der Waals surface area contributed by atoms with E-state index in [0.29, 0.717) is 11.4 Å². The number of hydrogen-bond donors (Lipinski definition) is 1. The lowest BCUT2D eigenvalue weighted by Crippen LogP contribution is -2.16. The molecule has 0 fully saturated rings. The predicted molar refractivity (Wildman–Crippen MR) is 127 cm³/mol. The van der Waals surface area contributed by atoms with Gasteiger partial charge >= 0.3 is 0 Å². The summed E-state index contributed by atoms with van der Waals surface area (Å²) in [5.41, 5.74) is 3.51. The average molecular weight is 421 g/mol. The van der Waals surface area contributed by atoms with Crippen molar-refractivity contribution in [3.63, 3.8) is 0 Å². The molecule has 3 nitrogen and oxygen atoms in total. The summed E-state index contributed by atoms with van der Waals surface area (Å²) in [7, 11) is 0. The highest BCUT2D eigenvalue weighted by Gasteiger charge is 1.99. The molecule has 29 heavy (non-hydrogen) atoms. The molecule has 0 saturated carbocycles. The van der Waals surface area contributed by atoms with E-state index in [4.69, 9.17) is 11.6 Å². The van der Waals surface area contributed by atoms with Crippen LogP contribution in [0.4, 0.5) is 0 Å². The number of amides is 1. The fourth-order valence-corrected chi connectivity index (χ4v) is 3.57. The van der Waals surface area contributed by atoms with Crippen LogP contribution in [-0.4, -0.2) is 12.1 Å². The molecule has 0 saturated heterocycles. The van der Waals surface area contributed by atoms with Crippen molar-refractivity contribution in [2.75, 3.05) is 0 Å². The van der Waals surface area contributed by atoms with E-state index in [1.54, 1.807) is 18.3 Å². The van der Waals surface area contributed by atoms with Gasteiger partial charge in [0.1, 0.15) is 0 Å². The molecule has 1 aromatic carbocycles. The SMILES string of the molecule is CCCCCCCCCCCCCCCCCC(=O)NN=Cc1ccc(Cl)cc1. The molecule has 1 N–H and O–H groups in total. The number of unbranched alkanes of at least 4 members (excludes halogenated alkanes) is 14. The molecule has 1 rings (SSSR count). The van der Waals surface area contributed by atoms with Crippen LogP contribution in [0.1, 0.15) is 115 Å². The quantitative estimate of drug-likeness (QED) is 0.145. The Hall–Kier alpha value is -1.35. The number of hydrogen-bond acceptors (Lipinski definition) is 2. The maximum Gasteiger partial charge on any atom is 0.240 e. The van der Waals surface area contributed by atoms with Crippen LogP contribution in [0.25, 0.3) is 0 Å². The third-order valence-electron chi connectivity index (χ3n) is 5.28. The van der Waals surface area contributed by atoms with Crippen LogP contribution in [-0.2, 0) is 4.79 Å².